The summed E-state index contributed by atoms with van der Waals surface area (Å²) < 4.78 is 5.85. The lowest BCUT2D eigenvalue weighted by molar-refractivity contribution is -0.0338. The number of aromatic amines is 1. The molecule has 1 fully saturated rings. The molecule has 0 amide bonds. The Bertz CT molecular complexity index is 583. The normalized spacial score (nSPS) is 19.7. The van der Waals surface area contributed by atoms with Crippen LogP contribution < -0.4 is 0 Å². The lowest BCUT2D eigenvalue weighted by Gasteiger charge is -2.31. The number of pyridine rings is 1. The topological polar surface area (TPSA) is 66.9 Å². The van der Waals surface area contributed by atoms with Gasteiger partial charge in [0.1, 0.15) is 6.10 Å². The van der Waals surface area contributed by atoms with Crippen LogP contribution in [-0.4, -0.2) is 51.3 Å². The van der Waals surface area contributed by atoms with Gasteiger partial charge in [-0.25, -0.2) is 4.98 Å². The number of aromatic nitrogens is 4. The van der Waals surface area contributed by atoms with E-state index in [1.807, 2.05) is 18.3 Å². The van der Waals surface area contributed by atoms with Crippen LogP contribution in [0.3, 0.4) is 0 Å². The molecule has 1 saturated heterocycles. The fourth-order valence-electron chi connectivity index (χ4n) is 2.58. The van der Waals surface area contributed by atoms with Crippen LogP contribution in [-0.2, 0) is 11.2 Å². The van der Waals surface area contributed by atoms with Crippen LogP contribution in [0.15, 0.2) is 24.4 Å². The standard InChI is InChI=1S/C16H23N5O/c1-12(2)15-18-16(20-19-15)14-11-21(9-10-22-14)8-6-13-5-3-4-7-17-13/h3-5,7,12,14H,6,8-11H2,1-2H3,(H,18,19,20)/t14-/m0/s1. The average Bonchev–Trinajstić information content (AvgIpc) is 3.05. The van der Waals surface area contributed by atoms with Gasteiger partial charge in [-0.15, -0.1) is 0 Å². The highest BCUT2D eigenvalue weighted by molar-refractivity contribution is 5.04. The number of nitrogens with zero attached hydrogens (tertiary/aromatic N) is 4. The van der Waals surface area contributed by atoms with Gasteiger partial charge in [0.2, 0.25) is 0 Å². The maximum Gasteiger partial charge on any atom is 0.155 e. The van der Waals surface area contributed by atoms with Gasteiger partial charge in [0.15, 0.2) is 11.6 Å². The number of nitrogens with one attached hydrogen (secondary N) is 1. The summed E-state index contributed by atoms with van der Waals surface area (Å²) in [6.07, 6.45) is 2.79. The second kappa shape index (κ2) is 6.98. The van der Waals surface area contributed by atoms with E-state index in [-0.39, 0.29) is 6.10 Å². The Morgan fingerprint density at radius 3 is 3.05 bits per heavy atom. The number of hydrogen-bond acceptors (Lipinski definition) is 5. The van der Waals surface area contributed by atoms with Crippen molar-refractivity contribution in [2.24, 2.45) is 0 Å². The molecule has 0 saturated carbocycles. The van der Waals surface area contributed by atoms with Crippen molar-refractivity contribution in [3.8, 4) is 0 Å². The van der Waals surface area contributed by atoms with Crippen molar-refractivity contribution in [1.29, 1.82) is 0 Å². The summed E-state index contributed by atoms with van der Waals surface area (Å²) in [4.78, 5) is 11.3. The Hall–Kier alpha value is -1.79. The third-order valence-corrected chi connectivity index (χ3v) is 3.90. The molecular weight excluding hydrogens is 278 g/mol. The first-order valence-corrected chi connectivity index (χ1v) is 7.88. The Morgan fingerprint density at radius 1 is 1.41 bits per heavy atom. The molecule has 118 valence electrons. The fourth-order valence-corrected chi connectivity index (χ4v) is 2.58. The summed E-state index contributed by atoms with van der Waals surface area (Å²) in [5, 5.41) is 7.29. The minimum Gasteiger partial charge on any atom is -0.368 e. The van der Waals surface area contributed by atoms with Crippen LogP contribution in [0.1, 0.15) is 43.2 Å². The van der Waals surface area contributed by atoms with Crippen molar-refractivity contribution in [2.45, 2.75) is 32.3 Å². The number of hydrogen-bond donors (Lipinski definition) is 1. The van der Waals surface area contributed by atoms with Gasteiger partial charge in [0.05, 0.1) is 6.61 Å². The Balaban J connectivity index is 1.56. The molecule has 1 atom stereocenters. The summed E-state index contributed by atoms with van der Waals surface area (Å²) >= 11 is 0. The quantitative estimate of drug-likeness (QED) is 0.914. The molecule has 0 spiro atoms. The lowest BCUT2D eigenvalue weighted by atomic mass is 10.2. The zero-order chi connectivity index (χ0) is 15.4. The van der Waals surface area contributed by atoms with Crippen molar-refractivity contribution >= 4 is 0 Å². The second-order valence-corrected chi connectivity index (χ2v) is 5.96. The van der Waals surface area contributed by atoms with E-state index in [0.717, 1.165) is 50.0 Å². The predicted octanol–water partition coefficient (Wildman–Crippen LogP) is 1.94. The number of ether oxygens (including phenoxy) is 1. The molecule has 0 bridgehead atoms. The maximum absolute atomic E-state index is 5.85. The summed E-state index contributed by atoms with van der Waals surface area (Å²) in [6.45, 7) is 7.70. The van der Waals surface area contributed by atoms with Gasteiger partial charge in [-0.3, -0.25) is 15.0 Å². The van der Waals surface area contributed by atoms with Crippen molar-refractivity contribution < 1.29 is 4.74 Å². The summed E-state index contributed by atoms with van der Waals surface area (Å²) in [7, 11) is 0. The second-order valence-electron chi connectivity index (χ2n) is 5.96. The van der Waals surface area contributed by atoms with Crippen molar-refractivity contribution in [2.75, 3.05) is 26.2 Å². The number of rotatable bonds is 5. The van der Waals surface area contributed by atoms with Crippen LogP contribution in [0, 0.1) is 0 Å². The van der Waals surface area contributed by atoms with E-state index in [9.17, 15) is 0 Å². The van der Waals surface area contributed by atoms with Gasteiger partial charge in [-0.05, 0) is 12.1 Å². The van der Waals surface area contributed by atoms with Crippen LogP contribution in [0.2, 0.25) is 0 Å². The van der Waals surface area contributed by atoms with Crippen LogP contribution >= 0.6 is 0 Å². The number of morpholine rings is 1. The highest BCUT2D eigenvalue weighted by Gasteiger charge is 2.25. The monoisotopic (exact) mass is 301 g/mol. The first kappa shape index (κ1) is 15.1. The molecule has 6 heteroatoms. The zero-order valence-electron chi connectivity index (χ0n) is 13.2. The minimum absolute atomic E-state index is 0.0162. The molecule has 2 aromatic rings. The largest absolute Gasteiger partial charge is 0.368 e. The smallest absolute Gasteiger partial charge is 0.155 e. The summed E-state index contributed by atoms with van der Waals surface area (Å²) in [5.74, 6) is 2.02. The average molecular weight is 301 g/mol. The maximum atomic E-state index is 5.85. The SMILES string of the molecule is CC(C)c1n[nH]c([C@@H]2CN(CCc3ccccn3)CCO2)n1. The van der Waals surface area contributed by atoms with Gasteiger partial charge in [-0.2, -0.15) is 5.10 Å². The molecule has 2 aromatic heterocycles. The molecule has 22 heavy (non-hydrogen) atoms. The molecule has 3 rings (SSSR count). The summed E-state index contributed by atoms with van der Waals surface area (Å²) in [5.41, 5.74) is 1.13. The lowest BCUT2D eigenvalue weighted by Crippen LogP contribution is -2.39. The molecule has 0 unspecified atom stereocenters. The number of H-pyrrole nitrogens is 1. The third kappa shape index (κ3) is 3.69. The van der Waals surface area contributed by atoms with E-state index < -0.39 is 0 Å². The molecule has 0 radical (unpaired) electrons. The Morgan fingerprint density at radius 2 is 2.32 bits per heavy atom. The Labute approximate surface area is 130 Å². The van der Waals surface area contributed by atoms with Crippen LogP contribution in [0.5, 0.6) is 0 Å². The van der Waals surface area contributed by atoms with E-state index in [4.69, 9.17) is 4.74 Å². The predicted molar refractivity (Wildman–Crippen MR) is 83.5 cm³/mol. The molecule has 1 aliphatic rings. The van der Waals surface area contributed by atoms with E-state index in [1.54, 1.807) is 0 Å². The molecule has 6 nitrogen and oxygen atoms in total. The minimum atomic E-state index is -0.0162. The molecule has 0 aromatic carbocycles. The van der Waals surface area contributed by atoms with E-state index in [1.165, 1.54) is 0 Å². The molecule has 1 N–H and O–H groups in total. The van der Waals surface area contributed by atoms with E-state index in [2.05, 4.69) is 45.0 Å². The van der Waals surface area contributed by atoms with Crippen molar-refractivity contribution in [3.63, 3.8) is 0 Å². The van der Waals surface area contributed by atoms with Gasteiger partial charge in [-0.1, -0.05) is 19.9 Å². The highest BCUT2D eigenvalue weighted by atomic mass is 16.5. The van der Waals surface area contributed by atoms with Crippen molar-refractivity contribution in [1.82, 2.24) is 25.1 Å². The molecular formula is C16H23N5O. The van der Waals surface area contributed by atoms with Gasteiger partial charge >= 0.3 is 0 Å². The summed E-state index contributed by atoms with van der Waals surface area (Å²) in [6, 6.07) is 6.06. The first-order valence-electron chi connectivity index (χ1n) is 7.88. The highest BCUT2D eigenvalue weighted by Crippen LogP contribution is 2.20. The van der Waals surface area contributed by atoms with Gasteiger partial charge in [0, 0.05) is 43.9 Å². The van der Waals surface area contributed by atoms with Crippen molar-refractivity contribution in [3.05, 3.63) is 41.7 Å². The van der Waals surface area contributed by atoms with Crippen LogP contribution in [0.4, 0.5) is 0 Å². The van der Waals surface area contributed by atoms with Gasteiger partial charge < -0.3 is 4.74 Å². The first-order chi connectivity index (χ1) is 10.7. The zero-order valence-corrected chi connectivity index (χ0v) is 13.2. The van der Waals surface area contributed by atoms with Gasteiger partial charge in [0.25, 0.3) is 0 Å². The molecule has 1 aliphatic heterocycles. The molecule has 0 aliphatic carbocycles. The van der Waals surface area contributed by atoms with Crippen LogP contribution in [0.25, 0.3) is 0 Å². The third-order valence-electron chi connectivity index (χ3n) is 3.90. The van der Waals surface area contributed by atoms with E-state index in [0.29, 0.717) is 5.92 Å². The fraction of sp³-hybridized carbons (Fsp3) is 0.562. The van der Waals surface area contributed by atoms with E-state index >= 15 is 0 Å². The Kier molecular flexibility index (Phi) is 4.80. The molecule has 3 heterocycles.